The predicted octanol–water partition coefficient (Wildman–Crippen LogP) is 2.43. The molecule has 6 heteroatoms. The number of amides is 2. The lowest BCUT2D eigenvalue weighted by molar-refractivity contribution is -0.135. The van der Waals surface area contributed by atoms with Crippen LogP contribution in [0.3, 0.4) is 0 Å². The number of nitrogens with zero attached hydrogens (tertiary/aromatic N) is 2. The minimum Gasteiger partial charge on any atom is -0.468 e. The first-order valence-electron chi connectivity index (χ1n) is 9.43. The Morgan fingerprint density at radius 3 is 2.72 bits per heavy atom. The smallest absolute Gasteiger partial charge is 0.224 e. The van der Waals surface area contributed by atoms with Crippen molar-refractivity contribution in [3.05, 3.63) is 24.2 Å². The Hall–Kier alpha value is -1.82. The monoisotopic (exact) mass is 349 g/mol. The standard InChI is InChI=1S/C19H31N3O3/c1-4-18(23)22-11-7-9-15(14-22)19(24)20-13-16(21(5-2)6-3)17-10-8-12-25-17/h8,10,12,15-16H,4-7,9,11,13-14H2,1-3H3,(H,20,24)/t15-,16-/m1/s1. The van der Waals surface area contributed by atoms with Crippen molar-refractivity contribution in [1.82, 2.24) is 15.1 Å². The Morgan fingerprint density at radius 2 is 2.12 bits per heavy atom. The first kappa shape index (κ1) is 19.5. The van der Waals surface area contributed by atoms with Gasteiger partial charge in [-0.3, -0.25) is 14.5 Å². The highest BCUT2D eigenvalue weighted by molar-refractivity contribution is 5.81. The summed E-state index contributed by atoms with van der Waals surface area (Å²) in [5.74, 6) is 0.931. The number of nitrogens with one attached hydrogen (secondary N) is 1. The minimum absolute atomic E-state index is 0.0333. The molecule has 1 aromatic heterocycles. The molecule has 0 bridgehead atoms. The third-order valence-corrected chi connectivity index (χ3v) is 5.04. The maximum Gasteiger partial charge on any atom is 0.224 e. The van der Waals surface area contributed by atoms with Crippen LogP contribution in [0.25, 0.3) is 0 Å². The molecule has 0 spiro atoms. The predicted molar refractivity (Wildman–Crippen MR) is 97.0 cm³/mol. The number of carbonyl (C=O) groups excluding carboxylic acids is 2. The van der Waals surface area contributed by atoms with Crippen molar-refractivity contribution in [2.24, 2.45) is 5.92 Å². The highest BCUT2D eigenvalue weighted by Gasteiger charge is 2.29. The number of hydrogen-bond acceptors (Lipinski definition) is 4. The van der Waals surface area contributed by atoms with Gasteiger partial charge in [-0.15, -0.1) is 0 Å². The van der Waals surface area contributed by atoms with Crippen LogP contribution in [0.15, 0.2) is 22.8 Å². The third kappa shape index (κ3) is 5.08. The van der Waals surface area contributed by atoms with E-state index in [1.807, 2.05) is 24.0 Å². The molecule has 25 heavy (non-hydrogen) atoms. The van der Waals surface area contributed by atoms with E-state index in [1.165, 1.54) is 0 Å². The van der Waals surface area contributed by atoms with Crippen LogP contribution in [0.4, 0.5) is 0 Å². The molecule has 2 atom stereocenters. The largest absolute Gasteiger partial charge is 0.468 e. The van der Waals surface area contributed by atoms with E-state index in [0.29, 0.717) is 19.5 Å². The summed E-state index contributed by atoms with van der Waals surface area (Å²) < 4.78 is 5.58. The average molecular weight is 349 g/mol. The fourth-order valence-corrected chi connectivity index (χ4v) is 3.54. The Balaban J connectivity index is 1.95. The molecule has 0 saturated carbocycles. The van der Waals surface area contributed by atoms with Gasteiger partial charge in [0, 0.05) is 26.1 Å². The van der Waals surface area contributed by atoms with E-state index in [1.54, 1.807) is 6.26 Å². The quantitative estimate of drug-likeness (QED) is 0.783. The van der Waals surface area contributed by atoms with Gasteiger partial charge in [0.25, 0.3) is 0 Å². The van der Waals surface area contributed by atoms with Crippen molar-refractivity contribution < 1.29 is 14.0 Å². The lowest BCUT2D eigenvalue weighted by atomic mass is 9.96. The summed E-state index contributed by atoms with van der Waals surface area (Å²) in [5.41, 5.74) is 0. The summed E-state index contributed by atoms with van der Waals surface area (Å²) in [5, 5.41) is 3.09. The fraction of sp³-hybridized carbons (Fsp3) is 0.684. The summed E-state index contributed by atoms with van der Waals surface area (Å²) in [6.07, 6.45) is 3.90. The Labute approximate surface area is 150 Å². The van der Waals surface area contributed by atoms with Crippen LogP contribution < -0.4 is 5.32 Å². The van der Waals surface area contributed by atoms with Gasteiger partial charge in [-0.1, -0.05) is 20.8 Å². The van der Waals surface area contributed by atoms with Crippen molar-refractivity contribution in [3.8, 4) is 0 Å². The zero-order chi connectivity index (χ0) is 18.2. The molecule has 2 heterocycles. The molecule has 0 aromatic carbocycles. The van der Waals surface area contributed by atoms with Gasteiger partial charge in [0.15, 0.2) is 0 Å². The molecule has 140 valence electrons. The highest BCUT2D eigenvalue weighted by Crippen LogP contribution is 2.21. The molecule has 6 nitrogen and oxygen atoms in total. The second-order valence-corrected chi connectivity index (χ2v) is 6.53. The van der Waals surface area contributed by atoms with E-state index in [2.05, 4.69) is 24.1 Å². The van der Waals surface area contributed by atoms with Gasteiger partial charge < -0.3 is 14.6 Å². The lowest BCUT2D eigenvalue weighted by Crippen LogP contribution is -2.47. The van der Waals surface area contributed by atoms with E-state index < -0.39 is 0 Å². The van der Waals surface area contributed by atoms with Gasteiger partial charge in [0.2, 0.25) is 11.8 Å². The highest BCUT2D eigenvalue weighted by atomic mass is 16.3. The Bertz CT molecular complexity index is 540. The van der Waals surface area contributed by atoms with Crippen molar-refractivity contribution >= 4 is 11.8 Å². The number of likely N-dealkylation sites (tertiary alicyclic amines) is 1. The van der Waals surface area contributed by atoms with Crippen LogP contribution >= 0.6 is 0 Å². The molecule has 1 fully saturated rings. The topological polar surface area (TPSA) is 65.8 Å². The Kier molecular flexibility index (Phi) is 7.50. The molecular weight excluding hydrogens is 318 g/mol. The summed E-state index contributed by atoms with van der Waals surface area (Å²) in [6, 6.07) is 3.87. The van der Waals surface area contributed by atoms with Gasteiger partial charge in [-0.2, -0.15) is 0 Å². The molecule has 0 radical (unpaired) electrons. The van der Waals surface area contributed by atoms with Gasteiger partial charge in [0.1, 0.15) is 5.76 Å². The molecule has 1 aromatic rings. The maximum atomic E-state index is 12.6. The van der Waals surface area contributed by atoms with Crippen molar-refractivity contribution in [2.75, 3.05) is 32.7 Å². The fourth-order valence-electron chi connectivity index (χ4n) is 3.54. The molecule has 0 aliphatic carbocycles. The second-order valence-electron chi connectivity index (χ2n) is 6.53. The molecule has 1 aliphatic heterocycles. The normalized spacial score (nSPS) is 19.0. The van der Waals surface area contributed by atoms with Crippen LogP contribution in [0.1, 0.15) is 51.8 Å². The second kappa shape index (κ2) is 9.61. The van der Waals surface area contributed by atoms with E-state index in [0.717, 1.165) is 38.2 Å². The van der Waals surface area contributed by atoms with Gasteiger partial charge in [0.05, 0.1) is 18.2 Å². The molecular formula is C19H31N3O3. The molecule has 1 aliphatic rings. The number of hydrogen-bond donors (Lipinski definition) is 1. The van der Waals surface area contributed by atoms with Gasteiger partial charge in [-0.05, 0) is 38.1 Å². The van der Waals surface area contributed by atoms with Gasteiger partial charge in [-0.25, -0.2) is 0 Å². The van der Waals surface area contributed by atoms with Gasteiger partial charge >= 0.3 is 0 Å². The lowest BCUT2D eigenvalue weighted by Gasteiger charge is -2.33. The molecule has 2 rings (SSSR count). The minimum atomic E-state index is -0.113. The van der Waals surface area contributed by atoms with Crippen LogP contribution in [0, 0.1) is 5.92 Å². The SMILES string of the molecule is CCC(=O)N1CCC[C@@H](C(=O)NC[C@H](c2ccco2)N(CC)CC)C1. The number of furan rings is 1. The van der Waals surface area contributed by atoms with Crippen LogP contribution in [-0.2, 0) is 9.59 Å². The van der Waals surface area contributed by atoms with E-state index in [9.17, 15) is 9.59 Å². The molecule has 0 unspecified atom stereocenters. The first-order chi connectivity index (χ1) is 12.1. The summed E-state index contributed by atoms with van der Waals surface area (Å²) in [4.78, 5) is 28.6. The third-order valence-electron chi connectivity index (χ3n) is 5.04. The van der Waals surface area contributed by atoms with Crippen LogP contribution in [0.2, 0.25) is 0 Å². The Morgan fingerprint density at radius 1 is 1.36 bits per heavy atom. The number of piperidine rings is 1. The molecule has 1 saturated heterocycles. The number of carbonyl (C=O) groups is 2. The summed E-state index contributed by atoms with van der Waals surface area (Å²) in [7, 11) is 0. The average Bonchev–Trinajstić information content (AvgIpc) is 3.18. The van der Waals surface area contributed by atoms with Crippen molar-refractivity contribution in [3.63, 3.8) is 0 Å². The summed E-state index contributed by atoms with van der Waals surface area (Å²) >= 11 is 0. The zero-order valence-corrected chi connectivity index (χ0v) is 15.7. The molecule has 2 amide bonds. The number of likely N-dealkylation sites (N-methyl/N-ethyl adjacent to an activating group) is 1. The van der Waals surface area contributed by atoms with E-state index in [-0.39, 0.29) is 23.8 Å². The zero-order valence-electron chi connectivity index (χ0n) is 15.7. The van der Waals surface area contributed by atoms with E-state index in [4.69, 9.17) is 4.42 Å². The number of rotatable bonds is 8. The van der Waals surface area contributed by atoms with Crippen LogP contribution in [0.5, 0.6) is 0 Å². The summed E-state index contributed by atoms with van der Waals surface area (Å²) in [6.45, 7) is 9.68. The van der Waals surface area contributed by atoms with E-state index >= 15 is 0 Å². The first-order valence-corrected chi connectivity index (χ1v) is 9.43. The van der Waals surface area contributed by atoms with Crippen molar-refractivity contribution in [2.45, 2.75) is 46.1 Å². The maximum absolute atomic E-state index is 12.6. The van der Waals surface area contributed by atoms with Crippen molar-refractivity contribution in [1.29, 1.82) is 0 Å². The molecule has 1 N–H and O–H groups in total. The van der Waals surface area contributed by atoms with Crippen LogP contribution in [-0.4, -0.2) is 54.3 Å².